The first-order valence-corrected chi connectivity index (χ1v) is 8.75. The highest BCUT2D eigenvalue weighted by Crippen LogP contribution is 2.30. The number of H-pyrrole nitrogens is 1. The lowest BCUT2D eigenvalue weighted by Crippen LogP contribution is -2.39. The quantitative estimate of drug-likeness (QED) is 0.667. The fourth-order valence-electron chi connectivity index (χ4n) is 3.23. The summed E-state index contributed by atoms with van der Waals surface area (Å²) in [7, 11) is 0. The molecule has 0 spiro atoms. The molecule has 4 rings (SSSR count). The fourth-order valence-corrected chi connectivity index (χ4v) is 3.23. The Morgan fingerprint density at radius 2 is 2.04 bits per heavy atom. The Morgan fingerprint density at radius 1 is 1.22 bits per heavy atom. The van der Waals surface area contributed by atoms with E-state index in [0.717, 1.165) is 22.0 Å². The summed E-state index contributed by atoms with van der Waals surface area (Å²) in [5, 5.41) is 7.58. The third-order valence-corrected chi connectivity index (χ3v) is 4.48. The number of nitrogens with one attached hydrogen (secondary N) is 3. The molecule has 7 heteroatoms. The van der Waals surface area contributed by atoms with Crippen molar-refractivity contribution in [3.8, 4) is 0 Å². The first-order valence-electron chi connectivity index (χ1n) is 8.75. The van der Waals surface area contributed by atoms with E-state index in [1.807, 2.05) is 43.3 Å². The van der Waals surface area contributed by atoms with Crippen LogP contribution >= 0.6 is 0 Å². The molecule has 0 bridgehead atoms. The maximum Gasteiger partial charge on any atom is 0.322 e. The molecule has 27 heavy (non-hydrogen) atoms. The highest BCUT2D eigenvalue weighted by Gasteiger charge is 2.22. The van der Waals surface area contributed by atoms with Crippen molar-refractivity contribution in [2.24, 2.45) is 5.10 Å². The smallest absolute Gasteiger partial charge is 0.322 e. The van der Waals surface area contributed by atoms with Crippen molar-refractivity contribution < 1.29 is 9.59 Å². The van der Waals surface area contributed by atoms with Gasteiger partial charge in [-0.15, -0.1) is 0 Å². The zero-order valence-corrected chi connectivity index (χ0v) is 14.8. The molecule has 0 saturated carbocycles. The normalized spacial score (nSPS) is 12.6. The number of aromatic amines is 1. The van der Waals surface area contributed by atoms with Gasteiger partial charge in [0.2, 0.25) is 0 Å². The van der Waals surface area contributed by atoms with E-state index in [2.05, 4.69) is 20.8 Å². The minimum absolute atomic E-state index is 0.218. The van der Waals surface area contributed by atoms with Crippen LogP contribution in [0.2, 0.25) is 0 Å². The number of carbonyl (C=O) groups is 2. The number of urea groups is 1. The van der Waals surface area contributed by atoms with Gasteiger partial charge in [-0.05, 0) is 24.6 Å². The average molecular weight is 361 g/mol. The summed E-state index contributed by atoms with van der Waals surface area (Å²) in [6.45, 7) is 2.78. The molecular weight excluding hydrogens is 342 g/mol. The van der Waals surface area contributed by atoms with E-state index < -0.39 is 0 Å². The highest BCUT2D eigenvalue weighted by molar-refractivity contribution is 6.15. The number of carbonyl (C=O) groups excluding carboxylic acids is 2. The van der Waals surface area contributed by atoms with Crippen LogP contribution in [0.15, 0.2) is 53.8 Å². The van der Waals surface area contributed by atoms with E-state index in [1.165, 1.54) is 0 Å². The third kappa shape index (κ3) is 3.15. The molecule has 0 aliphatic carbocycles. The highest BCUT2D eigenvalue weighted by atomic mass is 16.2. The number of benzene rings is 2. The van der Waals surface area contributed by atoms with Crippen LogP contribution in [-0.4, -0.2) is 29.7 Å². The molecule has 3 amide bonds. The Hall–Kier alpha value is -3.61. The van der Waals surface area contributed by atoms with E-state index in [4.69, 9.17) is 0 Å². The summed E-state index contributed by atoms with van der Waals surface area (Å²) in [4.78, 5) is 30.0. The molecule has 3 aromatic rings. The van der Waals surface area contributed by atoms with Gasteiger partial charge in [0, 0.05) is 34.9 Å². The van der Waals surface area contributed by atoms with Gasteiger partial charge in [0.05, 0.1) is 18.3 Å². The summed E-state index contributed by atoms with van der Waals surface area (Å²) >= 11 is 0. The second kappa shape index (κ2) is 6.95. The molecule has 0 fully saturated rings. The minimum Gasteiger partial charge on any atom is -0.360 e. The molecular formula is C20H19N5O2. The average Bonchev–Trinajstić information content (AvgIpc) is 3.01. The van der Waals surface area contributed by atoms with Gasteiger partial charge in [0.1, 0.15) is 0 Å². The Bertz CT molecular complexity index is 1040. The molecule has 7 nitrogen and oxygen atoms in total. The maximum absolute atomic E-state index is 12.7. The third-order valence-electron chi connectivity index (χ3n) is 4.48. The monoisotopic (exact) mass is 361 g/mol. The molecule has 1 aliphatic heterocycles. The first kappa shape index (κ1) is 16.8. The van der Waals surface area contributed by atoms with Crippen LogP contribution in [0.3, 0.4) is 0 Å². The van der Waals surface area contributed by atoms with Gasteiger partial charge in [-0.25, -0.2) is 10.2 Å². The summed E-state index contributed by atoms with van der Waals surface area (Å²) in [6.07, 6.45) is 3.41. The van der Waals surface area contributed by atoms with Crippen molar-refractivity contribution in [1.29, 1.82) is 0 Å². The molecule has 0 unspecified atom stereocenters. The fraction of sp³-hybridized carbons (Fsp3) is 0.150. The van der Waals surface area contributed by atoms with Gasteiger partial charge in [0.25, 0.3) is 5.91 Å². The van der Waals surface area contributed by atoms with Crippen LogP contribution in [-0.2, 0) is 6.54 Å². The summed E-state index contributed by atoms with van der Waals surface area (Å²) in [5.74, 6) is -0.299. The van der Waals surface area contributed by atoms with Crippen molar-refractivity contribution in [2.75, 3.05) is 11.4 Å². The van der Waals surface area contributed by atoms with Crippen molar-refractivity contribution >= 4 is 34.7 Å². The Morgan fingerprint density at radius 3 is 2.81 bits per heavy atom. The van der Waals surface area contributed by atoms with Crippen molar-refractivity contribution in [2.45, 2.75) is 13.5 Å². The number of nitrogens with zero attached hydrogens (tertiary/aromatic N) is 2. The Kier molecular flexibility index (Phi) is 4.33. The minimum atomic E-state index is -0.299. The van der Waals surface area contributed by atoms with Crippen LogP contribution in [0, 0.1) is 0 Å². The molecule has 0 saturated heterocycles. The Labute approximate surface area is 156 Å². The topological polar surface area (TPSA) is 89.6 Å². The van der Waals surface area contributed by atoms with Crippen LogP contribution in [0.5, 0.6) is 0 Å². The van der Waals surface area contributed by atoms with Crippen LogP contribution in [0.25, 0.3) is 10.9 Å². The van der Waals surface area contributed by atoms with Crippen LogP contribution in [0.4, 0.5) is 10.5 Å². The molecule has 1 aromatic heterocycles. The summed E-state index contributed by atoms with van der Waals surface area (Å²) in [6, 6.07) is 13.1. The number of hydrogen-bond acceptors (Lipinski definition) is 3. The number of hydrogen-bond donors (Lipinski definition) is 3. The molecule has 0 atom stereocenters. The van der Waals surface area contributed by atoms with Gasteiger partial charge in [-0.1, -0.05) is 30.3 Å². The van der Waals surface area contributed by atoms with Gasteiger partial charge in [-0.2, -0.15) is 5.10 Å². The van der Waals surface area contributed by atoms with Gasteiger partial charge in [-0.3, -0.25) is 9.69 Å². The molecule has 136 valence electrons. The van der Waals surface area contributed by atoms with Gasteiger partial charge in [0.15, 0.2) is 0 Å². The molecule has 0 radical (unpaired) electrons. The number of rotatable bonds is 4. The first-order chi connectivity index (χ1) is 13.2. The lowest BCUT2D eigenvalue weighted by molar-refractivity contribution is 0.0957. The number of hydrazone groups is 1. The predicted molar refractivity (Wildman–Crippen MR) is 105 cm³/mol. The summed E-state index contributed by atoms with van der Waals surface area (Å²) in [5.41, 5.74) is 6.23. The van der Waals surface area contributed by atoms with E-state index in [0.29, 0.717) is 24.3 Å². The molecule has 1 aliphatic rings. The zero-order chi connectivity index (χ0) is 18.8. The van der Waals surface area contributed by atoms with Crippen LogP contribution in [0.1, 0.15) is 28.4 Å². The predicted octanol–water partition coefficient (Wildman–Crippen LogP) is 2.98. The largest absolute Gasteiger partial charge is 0.360 e. The van der Waals surface area contributed by atoms with Crippen molar-refractivity contribution in [3.63, 3.8) is 0 Å². The lowest BCUT2D eigenvalue weighted by atomic mass is 10.0. The maximum atomic E-state index is 12.7. The van der Waals surface area contributed by atoms with Crippen molar-refractivity contribution in [3.05, 3.63) is 65.4 Å². The Balaban J connectivity index is 1.82. The second-order valence-electron chi connectivity index (χ2n) is 6.27. The van der Waals surface area contributed by atoms with Gasteiger partial charge < -0.3 is 10.3 Å². The standard InChI is InChI=1S/C20H19N5O2/c1-2-21-20(27)25(12-13-6-4-3-5-7-13)15-8-16-18-14(10-22-17(18)9-15)11-23-24-19(16)26/h3-11,22H,2,12H2,1H3,(H,21,27)(H,24,26). The number of anilines is 1. The number of amides is 3. The molecule has 3 N–H and O–H groups in total. The second-order valence-corrected chi connectivity index (χ2v) is 6.27. The molecule has 2 aromatic carbocycles. The van der Waals surface area contributed by atoms with E-state index in [-0.39, 0.29) is 11.9 Å². The van der Waals surface area contributed by atoms with Gasteiger partial charge >= 0.3 is 6.03 Å². The van der Waals surface area contributed by atoms with Crippen LogP contribution < -0.4 is 15.6 Å². The van der Waals surface area contributed by atoms with E-state index in [9.17, 15) is 9.59 Å². The lowest BCUT2D eigenvalue weighted by Gasteiger charge is -2.24. The van der Waals surface area contributed by atoms with E-state index in [1.54, 1.807) is 23.4 Å². The SMILES string of the molecule is CCNC(=O)N(Cc1ccccc1)c1cc2c3c(c[nH]c3c1)C=NNC2=O. The zero-order valence-electron chi connectivity index (χ0n) is 14.8. The van der Waals surface area contributed by atoms with Crippen molar-refractivity contribution in [1.82, 2.24) is 15.7 Å². The van der Waals surface area contributed by atoms with E-state index >= 15 is 0 Å². The molecule has 2 heterocycles. The number of aromatic nitrogens is 1. The summed E-state index contributed by atoms with van der Waals surface area (Å²) < 4.78 is 0.